The molecule has 0 bridgehead atoms. The summed E-state index contributed by atoms with van der Waals surface area (Å²) < 4.78 is 37.0. The first-order chi connectivity index (χ1) is 9.05. The van der Waals surface area contributed by atoms with Gasteiger partial charge >= 0.3 is 6.18 Å². The minimum atomic E-state index is -4.26. The van der Waals surface area contributed by atoms with Crippen LogP contribution in [0.25, 0.3) is 0 Å². The summed E-state index contributed by atoms with van der Waals surface area (Å²) in [4.78, 5) is 0. The Morgan fingerprint density at radius 1 is 1.05 bits per heavy atom. The molecular formula is C14H21F3N2. The molecule has 1 saturated heterocycles. The largest absolute Gasteiger partial charge is 0.416 e. The van der Waals surface area contributed by atoms with Gasteiger partial charge in [-0.15, -0.1) is 0 Å². The Labute approximate surface area is 112 Å². The Balaban J connectivity index is 0.000000861. The molecule has 1 fully saturated rings. The lowest BCUT2D eigenvalue weighted by molar-refractivity contribution is -0.137. The zero-order valence-electron chi connectivity index (χ0n) is 11.3. The van der Waals surface area contributed by atoms with Gasteiger partial charge in [0.15, 0.2) is 0 Å². The van der Waals surface area contributed by atoms with Crippen LogP contribution < -0.4 is 10.6 Å². The van der Waals surface area contributed by atoms with Crippen molar-refractivity contribution in [1.82, 2.24) is 5.32 Å². The van der Waals surface area contributed by atoms with E-state index in [9.17, 15) is 13.2 Å². The van der Waals surface area contributed by atoms with Crippen LogP contribution in [-0.2, 0) is 6.18 Å². The van der Waals surface area contributed by atoms with Crippen LogP contribution in [0.15, 0.2) is 24.3 Å². The maximum Gasteiger partial charge on any atom is 0.416 e. The molecule has 1 heterocycles. The fourth-order valence-electron chi connectivity index (χ4n) is 1.96. The molecule has 1 aromatic carbocycles. The summed E-state index contributed by atoms with van der Waals surface area (Å²) >= 11 is 0. The molecule has 0 aliphatic carbocycles. The van der Waals surface area contributed by atoms with Crippen molar-refractivity contribution in [1.29, 1.82) is 0 Å². The zero-order valence-corrected chi connectivity index (χ0v) is 11.3. The summed E-state index contributed by atoms with van der Waals surface area (Å²) in [6.07, 6.45) is -2.25. The summed E-state index contributed by atoms with van der Waals surface area (Å²) in [5, 5.41) is 6.49. The Bertz CT molecular complexity index is 354. The molecule has 0 amide bonds. The van der Waals surface area contributed by atoms with Gasteiger partial charge in [-0.2, -0.15) is 13.2 Å². The van der Waals surface area contributed by atoms with E-state index in [2.05, 4.69) is 10.6 Å². The van der Waals surface area contributed by atoms with E-state index < -0.39 is 11.7 Å². The summed E-state index contributed by atoms with van der Waals surface area (Å²) in [6.45, 7) is 5.91. The van der Waals surface area contributed by atoms with Crippen LogP contribution in [0.4, 0.5) is 18.9 Å². The van der Waals surface area contributed by atoms with Crippen molar-refractivity contribution in [2.45, 2.75) is 38.9 Å². The van der Waals surface area contributed by atoms with Gasteiger partial charge in [-0.1, -0.05) is 13.8 Å². The second-order valence-electron chi connectivity index (χ2n) is 4.24. The van der Waals surface area contributed by atoms with Gasteiger partial charge in [0.05, 0.1) is 5.56 Å². The average Bonchev–Trinajstić information content (AvgIpc) is 2.42. The van der Waals surface area contributed by atoms with Gasteiger partial charge in [-0.25, -0.2) is 0 Å². The van der Waals surface area contributed by atoms with E-state index in [1.807, 2.05) is 13.8 Å². The highest BCUT2D eigenvalue weighted by molar-refractivity contribution is 5.46. The van der Waals surface area contributed by atoms with Crippen LogP contribution in [0.2, 0.25) is 0 Å². The third-order valence-electron chi connectivity index (χ3n) is 2.92. The van der Waals surface area contributed by atoms with Crippen LogP contribution in [0.1, 0.15) is 32.3 Å². The average molecular weight is 274 g/mol. The number of benzene rings is 1. The molecule has 1 aliphatic heterocycles. The molecule has 108 valence electrons. The first kappa shape index (κ1) is 15.8. The van der Waals surface area contributed by atoms with Gasteiger partial charge < -0.3 is 10.6 Å². The lowest BCUT2D eigenvalue weighted by Crippen LogP contribution is -2.35. The summed E-state index contributed by atoms with van der Waals surface area (Å²) in [6, 6.07) is 5.57. The number of piperidine rings is 1. The molecule has 19 heavy (non-hydrogen) atoms. The van der Waals surface area contributed by atoms with Crippen molar-refractivity contribution >= 4 is 5.69 Å². The van der Waals surface area contributed by atoms with E-state index in [1.54, 1.807) is 0 Å². The normalized spacial score (nSPS) is 16.5. The smallest absolute Gasteiger partial charge is 0.382 e. The minimum absolute atomic E-state index is 0.355. The Hall–Kier alpha value is -1.23. The molecule has 1 aromatic rings. The van der Waals surface area contributed by atoms with Gasteiger partial charge in [0.2, 0.25) is 0 Å². The van der Waals surface area contributed by atoms with Gasteiger partial charge in [0, 0.05) is 11.7 Å². The third kappa shape index (κ3) is 5.11. The number of nitrogens with one attached hydrogen (secondary N) is 2. The molecule has 0 saturated carbocycles. The monoisotopic (exact) mass is 274 g/mol. The van der Waals surface area contributed by atoms with Crippen LogP contribution in [0.3, 0.4) is 0 Å². The van der Waals surface area contributed by atoms with Crippen molar-refractivity contribution in [3.8, 4) is 0 Å². The number of rotatable bonds is 2. The van der Waals surface area contributed by atoms with Crippen LogP contribution >= 0.6 is 0 Å². The molecule has 0 spiro atoms. The third-order valence-corrected chi connectivity index (χ3v) is 2.92. The topological polar surface area (TPSA) is 24.1 Å². The fraction of sp³-hybridized carbons (Fsp3) is 0.571. The Morgan fingerprint density at radius 3 is 2.05 bits per heavy atom. The van der Waals surface area contributed by atoms with Crippen LogP contribution in [0, 0.1) is 0 Å². The van der Waals surface area contributed by atoms with Crippen molar-refractivity contribution in [3.05, 3.63) is 29.8 Å². The molecule has 1 aliphatic rings. The Morgan fingerprint density at radius 2 is 1.58 bits per heavy atom. The minimum Gasteiger partial charge on any atom is -0.382 e. The second kappa shape index (κ2) is 7.38. The Kier molecular flexibility index (Phi) is 6.15. The standard InChI is InChI=1S/C12H15F3N2.C2H6/c13-12(14,15)9-1-3-10(4-2-9)17-11-5-7-16-8-6-11;1-2/h1-4,11,16-17H,5-8H2;1-2H3. The molecule has 5 heteroatoms. The van der Waals surface area contributed by atoms with Gasteiger partial charge in [0.25, 0.3) is 0 Å². The molecular weight excluding hydrogens is 253 g/mol. The zero-order chi connectivity index (χ0) is 14.3. The first-order valence-electron chi connectivity index (χ1n) is 6.70. The summed E-state index contributed by atoms with van der Waals surface area (Å²) in [5.74, 6) is 0. The number of alkyl halides is 3. The van der Waals surface area contributed by atoms with Crippen molar-refractivity contribution in [2.24, 2.45) is 0 Å². The quantitative estimate of drug-likeness (QED) is 0.854. The summed E-state index contributed by atoms with van der Waals surface area (Å²) in [7, 11) is 0. The fourth-order valence-corrected chi connectivity index (χ4v) is 1.96. The van der Waals surface area contributed by atoms with E-state index in [1.165, 1.54) is 12.1 Å². The van der Waals surface area contributed by atoms with Gasteiger partial charge in [0.1, 0.15) is 0 Å². The first-order valence-corrected chi connectivity index (χ1v) is 6.70. The predicted octanol–water partition coefficient (Wildman–Crippen LogP) is 3.90. The van der Waals surface area contributed by atoms with Gasteiger partial charge in [-0.05, 0) is 50.2 Å². The number of hydrogen-bond donors (Lipinski definition) is 2. The molecule has 2 N–H and O–H groups in total. The number of hydrogen-bond acceptors (Lipinski definition) is 2. The number of halogens is 3. The summed E-state index contributed by atoms with van der Waals surface area (Å²) in [5.41, 5.74) is 0.151. The molecule has 0 atom stereocenters. The predicted molar refractivity (Wildman–Crippen MR) is 72.3 cm³/mol. The second-order valence-corrected chi connectivity index (χ2v) is 4.24. The highest BCUT2D eigenvalue weighted by Crippen LogP contribution is 2.30. The van der Waals surface area contributed by atoms with E-state index in [4.69, 9.17) is 0 Å². The van der Waals surface area contributed by atoms with Crippen LogP contribution in [-0.4, -0.2) is 19.1 Å². The van der Waals surface area contributed by atoms with E-state index >= 15 is 0 Å². The van der Waals surface area contributed by atoms with E-state index in [0.29, 0.717) is 6.04 Å². The van der Waals surface area contributed by atoms with Crippen LogP contribution in [0.5, 0.6) is 0 Å². The van der Waals surface area contributed by atoms with Crippen molar-refractivity contribution < 1.29 is 13.2 Å². The highest BCUT2D eigenvalue weighted by atomic mass is 19.4. The van der Waals surface area contributed by atoms with Gasteiger partial charge in [-0.3, -0.25) is 0 Å². The highest BCUT2D eigenvalue weighted by Gasteiger charge is 2.30. The SMILES string of the molecule is CC.FC(F)(F)c1ccc(NC2CCNCC2)cc1. The lowest BCUT2D eigenvalue weighted by atomic mass is 10.1. The molecule has 2 nitrogen and oxygen atoms in total. The van der Waals surface area contributed by atoms with Crippen molar-refractivity contribution in [2.75, 3.05) is 18.4 Å². The molecule has 0 aromatic heterocycles. The van der Waals surface area contributed by atoms with Crippen molar-refractivity contribution in [3.63, 3.8) is 0 Å². The maximum absolute atomic E-state index is 12.3. The molecule has 0 radical (unpaired) electrons. The van der Waals surface area contributed by atoms with E-state index in [0.717, 1.165) is 43.8 Å². The lowest BCUT2D eigenvalue weighted by Gasteiger charge is -2.24. The molecule has 0 unspecified atom stereocenters. The number of anilines is 1. The maximum atomic E-state index is 12.3. The molecule has 2 rings (SSSR count). The van der Waals surface area contributed by atoms with E-state index in [-0.39, 0.29) is 0 Å².